The Morgan fingerprint density at radius 1 is 1.29 bits per heavy atom. The highest BCUT2D eigenvalue weighted by Gasteiger charge is 2.23. The van der Waals surface area contributed by atoms with E-state index in [1.807, 2.05) is 16.6 Å². The fourth-order valence-corrected chi connectivity index (χ4v) is 5.78. The number of thiazole rings is 1. The summed E-state index contributed by atoms with van der Waals surface area (Å²) in [6.07, 6.45) is 3.74. The summed E-state index contributed by atoms with van der Waals surface area (Å²) >= 11 is 2.99. The van der Waals surface area contributed by atoms with E-state index in [-0.39, 0.29) is 18.8 Å². The zero-order valence-corrected chi connectivity index (χ0v) is 21.2. The number of anilines is 1. The number of benzene rings is 1. The molecule has 9 heteroatoms. The smallest absolute Gasteiger partial charge is 0.356 e. The summed E-state index contributed by atoms with van der Waals surface area (Å²) < 4.78 is 28.2. The Balaban J connectivity index is 1.58. The highest BCUT2D eigenvalue weighted by molar-refractivity contribution is 8.02. The molecule has 4 rings (SSSR count). The minimum absolute atomic E-state index is 0.217. The van der Waals surface area contributed by atoms with Gasteiger partial charge in [-0.15, -0.1) is 11.3 Å². The van der Waals surface area contributed by atoms with Gasteiger partial charge in [0.1, 0.15) is 24.2 Å². The van der Waals surface area contributed by atoms with Crippen LogP contribution in [0.25, 0.3) is 0 Å². The van der Waals surface area contributed by atoms with Crippen molar-refractivity contribution in [2.24, 2.45) is 0 Å². The van der Waals surface area contributed by atoms with Crippen molar-refractivity contribution in [1.82, 2.24) is 9.97 Å². The molecule has 1 atom stereocenters. The molecule has 1 aromatic carbocycles. The van der Waals surface area contributed by atoms with E-state index in [1.165, 1.54) is 23.1 Å². The number of aryl methyl sites for hydroxylation is 3. The van der Waals surface area contributed by atoms with Crippen molar-refractivity contribution in [1.29, 1.82) is 0 Å². The zero-order valence-electron chi connectivity index (χ0n) is 19.5. The van der Waals surface area contributed by atoms with E-state index in [2.05, 4.69) is 22.1 Å². The molecule has 0 radical (unpaired) electrons. The quantitative estimate of drug-likeness (QED) is 0.251. The van der Waals surface area contributed by atoms with E-state index in [4.69, 9.17) is 9.47 Å². The fourth-order valence-electron chi connectivity index (χ4n) is 3.78. The average Bonchev–Trinajstić information content (AvgIpc) is 3.44. The Morgan fingerprint density at radius 2 is 2.09 bits per heavy atom. The van der Waals surface area contributed by atoms with Crippen LogP contribution in [0.4, 0.5) is 10.1 Å². The number of hydrogen-bond acceptors (Lipinski definition) is 8. The highest BCUT2D eigenvalue weighted by atomic mass is 32.2. The van der Waals surface area contributed by atoms with Gasteiger partial charge in [-0.3, -0.25) is 0 Å². The first-order valence-corrected chi connectivity index (χ1v) is 13.0. The standard InChI is InChI=1S/C25H28FN3O3S2/c1-4-31-24(30)21-9-8-18(12-27-21)14-32-23-11-20-7-5-6-19(20)10-22(23)29(13-16(2)26)34-25-28-17(3)15-33-25/h8-12,15-16H,4-7,13-14H2,1-3H3. The number of ether oxygens (including phenoxy) is 2. The van der Waals surface area contributed by atoms with E-state index in [1.54, 1.807) is 43.5 Å². The first-order chi connectivity index (χ1) is 16.4. The van der Waals surface area contributed by atoms with Crippen molar-refractivity contribution < 1.29 is 18.7 Å². The summed E-state index contributed by atoms with van der Waals surface area (Å²) in [4.78, 5) is 20.6. The SMILES string of the molecule is CCOC(=O)c1ccc(COc2cc3c(cc2N(CC(C)F)Sc2nc(C)cs2)CCC3)cn1. The van der Waals surface area contributed by atoms with Gasteiger partial charge in [0.15, 0.2) is 4.34 Å². The van der Waals surface area contributed by atoms with Crippen molar-refractivity contribution in [3.05, 3.63) is 63.9 Å². The summed E-state index contributed by atoms with van der Waals surface area (Å²) in [6, 6.07) is 7.66. The molecule has 6 nitrogen and oxygen atoms in total. The normalized spacial score (nSPS) is 13.4. The number of nitrogens with zero attached hydrogens (tertiary/aromatic N) is 3. The second-order valence-corrected chi connectivity index (χ2v) is 10.3. The molecule has 0 aliphatic heterocycles. The number of pyridine rings is 1. The summed E-state index contributed by atoms with van der Waals surface area (Å²) in [7, 11) is 0. The summed E-state index contributed by atoms with van der Waals surface area (Å²) in [6.45, 7) is 6.07. The molecular weight excluding hydrogens is 473 g/mol. The Hall–Kier alpha value is -2.65. The summed E-state index contributed by atoms with van der Waals surface area (Å²) in [5.74, 6) is 0.262. The Bertz CT molecular complexity index is 1130. The van der Waals surface area contributed by atoms with Crippen LogP contribution in [0, 0.1) is 6.92 Å². The van der Waals surface area contributed by atoms with Gasteiger partial charge < -0.3 is 13.8 Å². The first kappa shape index (κ1) is 24.5. The number of aromatic nitrogens is 2. The van der Waals surface area contributed by atoms with Gasteiger partial charge >= 0.3 is 5.97 Å². The highest BCUT2D eigenvalue weighted by Crippen LogP contribution is 2.41. The van der Waals surface area contributed by atoms with Crippen LogP contribution in [0.15, 0.2) is 40.2 Å². The van der Waals surface area contributed by atoms with Crippen LogP contribution < -0.4 is 9.04 Å². The number of esters is 1. The average molecular weight is 502 g/mol. The van der Waals surface area contributed by atoms with Crippen molar-refractivity contribution in [3.8, 4) is 5.75 Å². The van der Waals surface area contributed by atoms with Crippen molar-refractivity contribution in [3.63, 3.8) is 0 Å². The van der Waals surface area contributed by atoms with Gasteiger partial charge in [0, 0.05) is 34.8 Å². The van der Waals surface area contributed by atoms with Crippen LogP contribution in [0.1, 0.15) is 53.1 Å². The maximum atomic E-state index is 14.2. The van der Waals surface area contributed by atoms with Crippen LogP contribution in [0.3, 0.4) is 0 Å². The van der Waals surface area contributed by atoms with Gasteiger partial charge in [-0.1, -0.05) is 6.07 Å². The van der Waals surface area contributed by atoms with Gasteiger partial charge in [0.2, 0.25) is 0 Å². The van der Waals surface area contributed by atoms with Crippen LogP contribution in [0.5, 0.6) is 5.75 Å². The summed E-state index contributed by atoms with van der Waals surface area (Å²) in [5.41, 5.74) is 5.45. The summed E-state index contributed by atoms with van der Waals surface area (Å²) in [5, 5.41) is 1.99. The molecule has 1 aliphatic rings. The van der Waals surface area contributed by atoms with Crippen molar-refractivity contribution in [2.75, 3.05) is 17.5 Å². The first-order valence-electron chi connectivity index (χ1n) is 11.3. The van der Waals surface area contributed by atoms with Crippen molar-refractivity contribution >= 4 is 34.9 Å². The lowest BCUT2D eigenvalue weighted by Gasteiger charge is -2.26. The maximum absolute atomic E-state index is 14.2. The topological polar surface area (TPSA) is 64.6 Å². The lowest BCUT2D eigenvalue weighted by Crippen LogP contribution is -2.23. The minimum Gasteiger partial charge on any atom is -0.487 e. The van der Waals surface area contributed by atoms with Gasteiger partial charge in [0.05, 0.1) is 18.8 Å². The zero-order chi connectivity index (χ0) is 24.1. The predicted octanol–water partition coefficient (Wildman–Crippen LogP) is 5.96. The number of hydrogen-bond donors (Lipinski definition) is 0. The molecule has 2 aromatic heterocycles. The maximum Gasteiger partial charge on any atom is 0.356 e. The van der Waals surface area contributed by atoms with Crippen LogP contribution in [-0.2, 0) is 24.2 Å². The number of carbonyl (C=O) groups is 1. The number of rotatable bonds is 10. The fraction of sp³-hybridized carbons (Fsp3) is 0.400. The predicted molar refractivity (Wildman–Crippen MR) is 134 cm³/mol. The Morgan fingerprint density at radius 3 is 2.74 bits per heavy atom. The molecule has 2 heterocycles. The third kappa shape index (κ3) is 6.07. The number of halogens is 1. The van der Waals surface area contributed by atoms with Gasteiger partial charge in [0.25, 0.3) is 0 Å². The second kappa shape index (κ2) is 11.2. The molecule has 0 amide bonds. The second-order valence-electron chi connectivity index (χ2n) is 8.19. The lowest BCUT2D eigenvalue weighted by atomic mass is 10.1. The Kier molecular flexibility index (Phi) is 8.05. The van der Waals surface area contributed by atoms with Crippen LogP contribution in [0.2, 0.25) is 0 Å². The molecule has 0 N–H and O–H groups in total. The molecular formula is C25H28FN3O3S2. The van der Waals surface area contributed by atoms with E-state index in [0.29, 0.717) is 12.4 Å². The molecule has 0 bridgehead atoms. The molecule has 0 saturated carbocycles. The van der Waals surface area contributed by atoms with Gasteiger partial charge in [-0.2, -0.15) is 0 Å². The molecule has 3 aromatic rings. The van der Waals surface area contributed by atoms with Crippen molar-refractivity contribution in [2.45, 2.75) is 57.2 Å². The van der Waals surface area contributed by atoms with E-state index >= 15 is 0 Å². The molecule has 34 heavy (non-hydrogen) atoms. The lowest BCUT2D eigenvalue weighted by molar-refractivity contribution is 0.0519. The number of carbonyl (C=O) groups excluding carboxylic acids is 1. The third-order valence-electron chi connectivity index (χ3n) is 5.35. The molecule has 1 unspecified atom stereocenters. The molecule has 0 spiro atoms. The monoisotopic (exact) mass is 501 g/mol. The van der Waals surface area contributed by atoms with Crippen LogP contribution in [-0.4, -0.2) is 35.3 Å². The number of fused-ring (bicyclic) bond motifs is 1. The van der Waals surface area contributed by atoms with E-state index < -0.39 is 12.1 Å². The Labute approximate surface area is 207 Å². The molecule has 1 aliphatic carbocycles. The largest absolute Gasteiger partial charge is 0.487 e. The van der Waals surface area contributed by atoms with Crippen LogP contribution >= 0.6 is 23.3 Å². The van der Waals surface area contributed by atoms with E-state index in [0.717, 1.165) is 40.5 Å². The molecule has 0 saturated heterocycles. The van der Waals surface area contributed by atoms with Gasteiger partial charge in [-0.05, 0) is 69.4 Å². The number of alkyl halides is 1. The molecule has 180 valence electrons. The minimum atomic E-state index is -1.02. The van der Waals surface area contributed by atoms with E-state index in [9.17, 15) is 9.18 Å². The van der Waals surface area contributed by atoms with Gasteiger partial charge in [-0.25, -0.2) is 19.2 Å². The third-order valence-corrected chi connectivity index (χ3v) is 7.43. The molecule has 0 fully saturated rings.